The predicted molar refractivity (Wildman–Crippen MR) is 85.0 cm³/mol. The molecular weight excluding hydrogens is 371 g/mol. The van der Waals surface area contributed by atoms with Crippen molar-refractivity contribution in [2.24, 2.45) is 0 Å². The van der Waals surface area contributed by atoms with Gasteiger partial charge < -0.3 is 0 Å². The van der Waals surface area contributed by atoms with E-state index in [2.05, 4.69) is 38.8 Å². The van der Waals surface area contributed by atoms with Crippen LogP contribution in [0.25, 0.3) is 0 Å². The molecule has 0 aromatic heterocycles. The van der Waals surface area contributed by atoms with Crippen molar-refractivity contribution in [3.63, 3.8) is 0 Å². The quantitative estimate of drug-likeness (QED) is 0.597. The van der Waals surface area contributed by atoms with Gasteiger partial charge >= 0.3 is 0 Å². The summed E-state index contributed by atoms with van der Waals surface area (Å²) in [5, 5.41) is 0. The van der Waals surface area contributed by atoms with E-state index in [9.17, 15) is 4.39 Å². The van der Waals surface area contributed by atoms with Crippen LogP contribution in [0.4, 0.5) is 4.39 Å². The van der Waals surface area contributed by atoms with Gasteiger partial charge in [0.05, 0.1) is 0 Å². The van der Waals surface area contributed by atoms with E-state index in [0.29, 0.717) is 5.92 Å². The topological polar surface area (TPSA) is 0 Å². The summed E-state index contributed by atoms with van der Waals surface area (Å²) in [7, 11) is 0. The summed E-state index contributed by atoms with van der Waals surface area (Å²) in [6.45, 7) is 2.14. The van der Waals surface area contributed by atoms with Crippen LogP contribution in [0.5, 0.6) is 0 Å². The zero-order chi connectivity index (χ0) is 13.8. The van der Waals surface area contributed by atoms with E-state index in [4.69, 9.17) is 0 Å². The van der Waals surface area contributed by atoms with E-state index in [0.717, 1.165) is 27.4 Å². The van der Waals surface area contributed by atoms with Gasteiger partial charge in [-0.2, -0.15) is 0 Å². The highest BCUT2D eigenvalue weighted by Gasteiger charge is 2.10. The Hall–Kier alpha value is -0.670. The highest BCUT2D eigenvalue weighted by atomic mass is 79.9. The minimum absolute atomic E-state index is 0.161. The molecule has 0 spiro atoms. The highest BCUT2D eigenvalue weighted by Crippen LogP contribution is 2.29. The van der Waals surface area contributed by atoms with Crippen molar-refractivity contribution >= 4 is 31.9 Å². The van der Waals surface area contributed by atoms with Crippen LogP contribution in [0.2, 0.25) is 0 Å². The third kappa shape index (κ3) is 3.90. The molecule has 0 saturated carbocycles. The minimum Gasteiger partial charge on any atom is -0.207 e. The van der Waals surface area contributed by atoms with Crippen LogP contribution in [-0.4, -0.2) is 0 Å². The number of halogens is 3. The summed E-state index contributed by atoms with van der Waals surface area (Å²) < 4.78 is 15.4. The molecule has 0 aliphatic rings. The first-order chi connectivity index (χ1) is 9.08. The fourth-order valence-corrected chi connectivity index (χ4v) is 3.51. The van der Waals surface area contributed by atoms with Crippen LogP contribution < -0.4 is 0 Å². The molecule has 1 unspecified atom stereocenters. The standard InChI is InChI=1S/C16H15Br2F/c1-11(12-4-2-5-13(19)10-12)8-9-14-15(17)6-3-7-16(14)18/h2-7,10-11H,8-9H2,1H3. The Morgan fingerprint density at radius 1 is 1.05 bits per heavy atom. The zero-order valence-corrected chi connectivity index (χ0v) is 13.8. The molecule has 2 aromatic rings. The van der Waals surface area contributed by atoms with Gasteiger partial charge in [-0.25, -0.2) is 4.39 Å². The third-order valence-electron chi connectivity index (χ3n) is 3.31. The summed E-state index contributed by atoms with van der Waals surface area (Å²) in [6, 6.07) is 13.0. The average molecular weight is 386 g/mol. The first-order valence-electron chi connectivity index (χ1n) is 6.26. The molecule has 0 bridgehead atoms. The van der Waals surface area contributed by atoms with Crippen molar-refractivity contribution < 1.29 is 4.39 Å². The average Bonchev–Trinajstić information content (AvgIpc) is 2.38. The number of hydrogen-bond acceptors (Lipinski definition) is 0. The molecule has 0 N–H and O–H groups in total. The number of rotatable bonds is 4. The minimum atomic E-state index is -0.161. The molecule has 3 heteroatoms. The lowest BCUT2D eigenvalue weighted by atomic mass is 9.94. The van der Waals surface area contributed by atoms with Gasteiger partial charge in [0.15, 0.2) is 0 Å². The van der Waals surface area contributed by atoms with E-state index < -0.39 is 0 Å². The molecule has 0 aliphatic heterocycles. The van der Waals surface area contributed by atoms with Gasteiger partial charge in [0, 0.05) is 8.95 Å². The van der Waals surface area contributed by atoms with E-state index in [1.54, 1.807) is 12.1 Å². The lowest BCUT2D eigenvalue weighted by molar-refractivity contribution is 0.615. The van der Waals surface area contributed by atoms with Crippen molar-refractivity contribution in [3.8, 4) is 0 Å². The van der Waals surface area contributed by atoms with Crippen molar-refractivity contribution in [2.45, 2.75) is 25.7 Å². The fraction of sp³-hybridized carbons (Fsp3) is 0.250. The molecule has 19 heavy (non-hydrogen) atoms. The molecule has 0 aliphatic carbocycles. The Kier molecular flexibility index (Phi) is 5.17. The second-order valence-electron chi connectivity index (χ2n) is 4.69. The summed E-state index contributed by atoms with van der Waals surface area (Å²) >= 11 is 7.15. The van der Waals surface area contributed by atoms with Crippen LogP contribution in [-0.2, 0) is 6.42 Å². The molecule has 0 amide bonds. The number of benzene rings is 2. The van der Waals surface area contributed by atoms with Crippen LogP contribution >= 0.6 is 31.9 Å². The van der Waals surface area contributed by atoms with Gasteiger partial charge in [0.2, 0.25) is 0 Å². The molecule has 0 nitrogen and oxygen atoms in total. The third-order valence-corrected chi connectivity index (χ3v) is 4.79. The Morgan fingerprint density at radius 3 is 2.32 bits per heavy atom. The summed E-state index contributed by atoms with van der Waals surface area (Å²) in [5.41, 5.74) is 2.33. The summed E-state index contributed by atoms with van der Waals surface area (Å²) in [5.74, 6) is 0.182. The Morgan fingerprint density at radius 2 is 1.68 bits per heavy atom. The zero-order valence-electron chi connectivity index (χ0n) is 10.7. The molecule has 0 fully saturated rings. The maximum absolute atomic E-state index is 13.2. The molecule has 100 valence electrons. The summed E-state index contributed by atoms with van der Waals surface area (Å²) in [6.07, 6.45) is 1.95. The molecule has 2 aromatic carbocycles. The lowest BCUT2D eigenvalue weighted by Crippen LogP contribution is -1.98. The first-order valence-corrected chi connectivity index (χ1v) is 7.85. The van der Waals surface area contributed by atoms with Gasteiger partial charge in [-0.15, -0.1) is 0 Å². The molecular formula is C16H15Br2F. The van der Waals surface area contributed by atoms with Crippen molar-refractivity contribution in [1.29, 1.82) is 0 Å². The van der Waals surface area contributed by atoms with Crippen LogP contribution in [0.1, 0.15) is 30.4 Å². The van der Waals surface area contributed by atoms with Crippen molar-refractivity contribution in [1.82, 2.24) is 0 Å². The molecule has 1 atom stereocenters. The van der Waals surface area contributed by atoms with Crippen LogP contribution in [0, 0.1) is 5.82 Å². The van der Waals surface area contributed by atoms with Crippen LogP contribution in [0.3, 0.4) is 0 Å². The van der Waals surface area contributed by atoms with E-state index in [-0.39, 0.29) is 5.82 Å². The van der Waals surface area contributed by atoms with E-state index in [1.807, 2.05) is 24.3 Å². The van der Waals surface area contributed by atoms with Gasteiger partial charge in [-0.1, -0.05) is 57.0 Å². The second-order valence-corrected chi connectivity index (χ2v) is 6.40. The highest BCUT2D eigenvalue weighted by molar-refractivity contribution is 9.11. The first kappa shape index (κ1) is 14.7. The van der Waals surface area contributed by atoms with Gasteiger partial charge in [-0.05, 0) is 54.2 Å². The molecule has 0 radical (unpaired) electrons. The van der Waals surface area contributed by atoms with Gasteiger partial charge in [-0.3, -0.25) is 0 Å². The summed E-state index contributed by atoms with van der Waals surface area (Å²) in [4.78, 5) is 0. The maximum Gasteiger partial charge on any atom is 0.123 e. The Labute approximate surface area is 130 Å². The van der Waals surface area contributed by atoms with E-state index >= 15 is 0 Å². The monoisotopic (exact) mass is 384 g/mol. The van der Waals surface area contributed by atoms with Crippen LogP contribution in [0.15, 0.2) is 51.4 Å². The smallest absolute Gasteiger partial charge is 0.123 e. The maximum atomic E-state index is 13.2. The fourth-order valence-electron chi connectivity index (χ4n) is 2.11. The SMILES string of the molecule is CC(CCc1c(Br)cccc1Br)c1cccc(F)c1. The van der Waals surface area contributed by atoms with Gasteiger partial charge in [0.25, 0.3) is 0 Å². The molecule has 0 heterocycles. The Bertz CT molecular complexity index is 546. The predicted octanol–water partition coefficient (Wildman–Crippen LogP) is 6.09. The van der Waals surface area contributed by atoms with Crippen molar-refractivity contribution in [2.75, 3.05) is 0 Å². The second kappa shape index (κ2) is 6.67. The van der Waals surface area contributed by atoms with E-state index in [1.165, 1.54) is 11.6 Å². The number of hydrogen-bond donors (Lipinski definition) is 0. The largest absolute Gasteiger partial charge is 0.207 e. The lowest BCUT2D eigenvalue weighted by Gasteiger charge is -2.13. The Balaban J connectivity index is 2.06. The van der Waals surface area contributed by atoms with Gasteiger partial charge in [0.1, 0.15) is 5.82 Å². The molecule has 2 rings (SSSR count). The normalized spacial score (nSPS) is 12.4. The molecule has 0 saturated heterocycles. The van der Waals surface area contributed by atoms with Crippen molar-refractivity contribution in [3.05, 3.63) is 68.4 Å².